The molecule has 0 bridgehead atoms. The monoisotopic (exact) mass is 248 g/mol. The van der Waals surface area contributed by atoms with E-state index in [0.717, 1.165) is 19.6 Å². The zero-order valence-electron chi connectivity index (χ0n) is 11.4. The second-order valence-corrected chi connectivity index (χ2v) is 5.26. The largest absolute Gasteiger partial charge is 0.378 e. The Morgan fingerprint density at radius 3 is 2.83 bits per heavy atom. The van der Waals surface area contributed by atoms with E-state index in [1.54, 1.807) is 0 Å². The van der Waals surface area contributed by atoms with Gasteiger partial charge in [-0.05, 0) is 50.4 Å². The van der Waals surface area contributed by atoms with Crippen LogP contribution in [0.5, 0.6) is 0 Å². The van der Waals surface area contributed by atoms with Gasteiger partial charge in [0.2, 0.25) is 0 Å². The van der Waals surface area contributed by atoms with Crippen LogP contribution in [0.3, 0.4) is 0 Å². The molecule has 3 atom stereocenters. The van der Waals surface area contributed by atoms with Gasteiger partial charge in [-0.2, -0.15) is 0 Å². The molecule has 0 amide bonds. The van der Waals surface area contributed by atoms with Crippen molar-refractivity contribution >= 4 is 0 Å². The van der Waals surface area contributed by atoms with Crippen LogP contribution < -0.4 is 5.32 Å². The summed E-state index contributed by atoms with van der Waals surface area (Å²) in [5, 5.41) is 3.68. The third-order valence-electron chi connectivity index (χ3n) is 3.66. The van der Waals surface area contributed by atoms with Crippen LogP contribution >= 0.6 is 0 Å². The van der Waals surface area contributed by atoms with Gasteiger partial charge in [-0.3, -0.25) is 4.98 Å². The molecule has 18 heavy (non-hydrogen) atoms. The van der Waals surface area contributed by atoms with Gasteiger partial charge in [0.15, 0.2) is 0 Å². The topological polar surface area (TPSA) is 34.2 Å². The summed E-state index contributed by atoms with van der Waals surface area (Å²) in [4.78, 5) is 4.08. The van der Waals surface area contributed by atoms with Gasteiger partial charge in [0.25, 0.3) is 0 Å². The molecule has 0 spiro atoms. The van der Waals surface area contributed by atoms with Crippen molar-refractivity contribution in [1.82, 2.24) is 10.3 Å². The number of nitrogens with zero attached hydrogens (tertiary/aromatic N) is 1. The normalized spacial score (nSPS) is 25.2. The second-order valence-electron chi connectivity index (χ2n) is 5.26. The molecule has 3 unspecified atom stereocenters. The van der Waals surface area contributed by atoms with E-state index in [9.17, 15) is 0 Å². The highest BCUT2D eigenvalue weighted by Crippen LogP contribution is 2.24. The number of nitrogens with one attached hydrogen (secondary N) is 1. The molecule has 1 saturated heterocycles. The zero-order chi connectivity index (χ0) is 12.8. The lowest BCUT2D eigenvalue weighted by molar-refractivity contribution is 0.117. The Labute approximate surface area is 110 Å². The van der Waals surface area contributed by atoms with Crippen LogP contribution in [0.1, 0.15) is 32.3 Å². The molecule has 1 fully saturated rings. The average molecular weight is 248 g/mol. The molecule has 2 rings (SSSR count). The summed E-state index contributed by atoms with van der Waals surface area (Å²) in [5.41, 5.74) is 1.36. The summed E-state index contributed by atoms with van der Waals surface area (Å²) < 4.78 is 5.71. The lowest BCUT2D eigenvalue weighted by Gasteiger charge is -2.24. The molecular formula is C15H24N2O. The van der Waals surface area contributed by atoms with E-state index in [4.69, 9.17) is 4.74 Å². The van der Waals surface area contributed by atoms with Crippen LogP contribution in [0.4, 0.5) is 0 Å². The van der Waals surface area contributed by atoms with Crippen molar-refractivity contribution in [3.8, 4) is 0 Å². The Hall–Kier alpha value is -0.930. The number of ether oxygens (including phenoxy) is 1. The summed E-state index contributed by atoms with van der Waals surface area (Å²) in [6.45, 7) is 6.36. The van der Waals surface area contributed by atoms with Crippen molar-refractivity contribution in [2.45, 2.75) is 45.3 Å². The number of hydrogen-bond donors (Lipinski definition) is 1. The van der Waals surface area contributed by atoms with Gasteiger partial charge in [-0.25, -0.2) is 0 Å². The van der Waals surface area contributed by atoms with E-state index < -0.39 is 0 Å². The maximum absolute atomic E-state index is 5.71. The highest BCUT2D eigenvalue weighted by Gasteiger charge is 2.29. The van der Waals surface area contributed by atoms with Gasteiger partial charge in [0.05, 0.1) is 12.7 Å². The molecular weight excluding hydrogens is 224 g/mol. The quantitative estimate of drug-likeness (QED) is 0.839. The minimum atomic E-state index is 0.415. The number of rotatable bonds is 6. The van der Waals surface area contributed by atoms with Crippen molar-refractivity contribution in [3.63, 3.8) is 0 Å². The predicted octanol–water partition coefficient (Wildman–Crippen LogP) is 2.42. The number of aromatic nitrogens is 1. The fraction of sp³-hybridized carbons (Fsp3) is 0.667. The maximum atomic E-state index is 5.71. The molecule has 0 saturated carbocycles. The third kappa shape index (κ3) is 3.79. The van der Waals surface area contributed by atoms with Gasteiger partial charge in [-0.15, -0.1) is 0 Å². The summed E-state index contributed by atoms with van der Waals surface area (Å²) in [7, 11) is 0. The Balaban J connectivity index is 1.96. The van der Waals surface area contributed by atoms with Crippen molar-refractivity contribution < 1.29 is 4.74 Å². The summed E-state index contributed by atoms with van der Waals surface area (Å²) in [6, 6.07) is 4.75. The molecule has 1 aromatic heterocycles. The number of pyridine rings is 1. The van der Waals surface area contributed by atoms with Crippen LogP contribution in [0.25, 0.3) is 0 Å². The van der Waals surface area contributed by atoms with Crippen molar-refractivity contribution in [1.29, 1.82) is 0 Å². The first-order valence-corrected chi connectivity index (χ1v) is 7.03. The molecule has 0 aromatic carbocycles. The lowest BCUT2D eigenvalue weighted by atomic mass is 9.91. The van der Waals surface area contributed by atoms with Gasteiger partial charge in [-0.1, -0.05) is 6.92 Å². The standard InChI is InChI=1S/C15H24N2O/c1-3-6-17-15(14-9-12(2)18-11-14)10-13-4-7-16-8-5-13/h4-5,7-8,12,14-15,17H,3,6,9-11H2,1-2H3. The summed E-state index contributed by atoms with van der Waals surface area (Å²) in [5.74, 6) is 0.639. The Bertz CT molecular complexity index is 342. The minimum absolute atomic E-state index is 0.415. The predicted molar refractivity (Wildman–Crippen MR) is 73.5 cm³/mol. The molecule has 2 heterocycles. The summed E-state index contributed by atoms with van der Waals surface area (Å²) >= 11 is 0. The Morgan fingerprint density at radius 1 is 1.44 bits per heavy atom. The molecule has 0 radical (unpaired) electrons. The minimum Gasteiger partial charge on any atom is -0.378 e. The molecule has 1 aliphatic heterocycles. The lowest BCUT2D eigenvalue weighted by Crippen LogP contribution is -2.39. The van der Waals surface area contributed by atoms with Gasteiger partial charge in [0, 0.05) is 24.4 Å². The van der Waals surface area contributed by atoms with Gasteiger partial charge < -0.3 is 10.1 Å². The third-order valence-corrected chi connectivity index (χ3v) is 3.66. The average Bonchev–Trinajstić information content (AvgIpc) is 2.82. The van der Waals surface area contributed by atoms with Crippen LogP contribution in [-0.4, -0.2) is 30.3 Å². The number of hydrogen-bond acceptors (Lipinski definition) is 3. The molecule has 1 N–H and O–H groups in total. The first-order valence-electron chi connectivity index (χ1n) is 7.03. The molecule has 100 valence electrons. The van der Waals surface area contributed by atoms with Crippen LogP contribution in [-0.2, 0) is 11.2 Å². The summed E-state index contributed by atoms with van der Waals surface area (Å²) in [6.07, 6.45) is 7.59. The fourth-order valence-corrected chi connectivity index (χ4v) is 2.64. The first-order chi connectivity index (χ1) is 8.79. The first kappa shape index (κ1) is 13.5. The molecule has 3 heteroatoms. The SMILES string of the molecule is CCCNC(Cc1ccncc1)C1COC(C)C1. The van der Waals surface area contributed by atoms with Gasteiger partial charge >= 0.3 is 0 Å². The van der Waals surface area contributed by atoms with Crippen molar-refractivity contribution in [2.24, 2.45) is 5.92 Å². The Kier molecular flexibility index (Phi) is 5.14. The van der Waals surface area contributed by atoms with E-state index >= 15 is 0 Å². The van der Waals surface area contributed by atoms with Crippen LogP contribution in [0, 0.1) is 5.92 Å². The molecule has 1 aliphatic rings. The highest BCUT2D eigenvalue weighted by molar-refractivity contribution is 5.12. The fourth-order valence-electron chi connectivity index (χ4n) is 2.64. The van der Waals surface area contributed by atoms with E-state index in [2.05, 4.69) is 36.3 Å². The van der Waals surface area contributed by atoms with Crippen molar-refractivity contribution in [3.05, 3.63) is 30.1 Å². The highest BCUT2D eigenvalue weighted by atomic mass is 16.5. The van der Waals surface area contributed by atoms with E-state index in [1.807, 2.05) is 12.4 Å². The van der Waals surface area contributed by atoms with E-state index in [1.165, 1.54) is 18.4 Å². The van der Waals surface area contributed by atoms with Crippen LogP contribution in [0.15, 0.2) is 24.5 Å². The van der Waals surface area contributed by atoms with E-state index in [0.29, 0.717) is 18.1 Å². The smallest absolute Gasteiger partial charge is 0.0551 e. The van der Waals surface area contributed by atoms with Gasteiger partial charge in [0.1, 0.15) is 0 Å². The Morgan fingerprint density at radius 2 is 2.22 bits per heavy atom. The maximum Gasteiger partial charge on any atom is 0.0551 e. The zero-order valence-corrected chi connectivity index (χ0v) is 11.4. The second kappa shape index (κ2) is 6.86. The van der Waals surface area contributed by atoms with E-state index in [-0.39, 0.29) is 0 Å². The molecule has 3 nitrogen and oxygen atoms in total. The van der Waals surface area contributed by atoms with Crippen LogP contribution in [0.2, 0.25) is 0 Å². The molecule has 1 aromatic rings. The molecule has 0 aliphatic carbocycles. The van der Waals surface area contributed by atoms with Crippen molar-refractivity contribution in [2.75, 3.05) is 13.2 Å².